The maximum absolute atomic E-state index is 10.1. The van der Waals surface area contributed by atoms with Gasteiger partial charge in [0.25, 0.3) is 0 Å². The van der Waals surface area contributed by atoms with Crippen molar-refractivity contribution in [3.05, 3.63) is 32.7 Å². The molecular formula is C13H18Br2O. The number of benzene rings is 1. The number of hydrogen-bond donors (Lipinski definition) is 1. The second-order valence-corrected chi connectivity index (χ2v) is 7.00. The quantitative estimate of drug-likeness (QED) is 0.807. The Balaban J connectivity index is 2.66. The summed E-state index contributed by atoms with van der Waals surface area (Å²) in [4.78, 5) is 0. The summed E-state index contributed by atoms with van der Waals surface area (Å²) in [5, 5.41) is 10.1. The summed E-state index contributed by atoms with van der Waals surface area (Å²) < 4.78 is 2.00. The highest BCUT2D eigenvalue weighted by Crippen LogP contribution is 2.30. The van der Waals surface area contributed by atoms with Crippen LogP contribution in [0.3, 0.4) is 0 Å². The molecule has 0 amide bonds. The summed E-state index contributed by atoms with van der Waals surface area (Å²) in [5.74, 6) is 0. The van der Waals surface area contributed by atoms with Crippen molar-refractivity contribution in [2.24, 2.45) is 5.41 Å². The molecule has 0 aliphatic rings. The van der Waals surface area contributed by atoms with Crippen molar-refractivity contribution >= 4 is 31.9 Å². The highest BCUT2D eigenvalue weighted by atomic mass is 79.9. The first-order chi connectivity index (χ1) is 7.29. The van der Waals surface area contributed by atoms with E-state index < -0.39 is 0 Å². The maximum Gasteiger partial charge on any atom is 0.0790 e. The number of rotatable bonds is 3. The smallest absolute Gasteiger partial charge is 0.0790 e. The van der Waals surface area contributed by atoms with E-state index in [4.69, 9.17) is 0 Å². The fourth-order valence-electron chi connectivity index (χ4n) is 1.46. The van der Waals surface area contributed by atoms with Crippen LogP contribution >= 0.6 is 31.9 Å². The first-order valence-corrected chi connectivity index (χ1v) is 7.01. The number of hydrogen-bond acceptors (Lipinski definition) is 1. The monoisotopic (exact) mass is 348 g/mol. The average molecular weight is 350 g/mol. The molecule has 1 aromatic rings. The first-order valence-electron chi connectivity index (χ1n) is 5.42. The van der Waals surface area contributed by atoms with Gasteiger partial charge < -0.3 is 5.11 Å². The molecule has 1 N–H and O–H groups in total. The molecule has 90 valence electrons. The van der Waals surface area contributed by atoms with Crippen molar-refractivity contribution < 1.29 is 5.11 Å². The molecule has 1 atom stereocenters. The van der Waals surface area contributed by atoms with E-state index in [1.54, 1.807) is 0 Å². The van der Waals surface area contributed by atoms with Crippen molar-refractivity contribution in [2.75, 3.05) is 0 Å². The Labute approximate surface area is 115 Å². The van der Waals surface area contributed by atoms with E-state index in [0.717, 1.165) is 27.4 Å². The van der Waals surface area contributed by atoms with Crippen LogP contribution in [0.25, 0.3) is 0 Å². The Morgan fingerprint density at radius 1 is 1.19 bits per heavy atom. The summed E-state index contributed by atoms with van der Waals surface area (Å²) in [6, 6.07) is 5.89. The molecule has 0 aliphatic carbocycles. The van der Waals surface area contributed by atoms with Crippen molar-refractivity contribution in [3.63, 3.8) is 0 Å². The lowest BCUT2D eigenvalue weighted by molar-refractivity contribution is 0.147. The average Bonchev–Trinajstić information content (AvgIpc) is 2.17. The SMILES string of the molecule is CC(C)(C)CCC(O)c1ccc(Br)c(Br)c1. The third-order valence-electron chi connectivity index (χ3n) is 2.50. The van der Waals surface area contributed by atoms with Crippen LogP contribution in [-0.4, -0.2) is 5.11 Å². The van der Waals surface area contributed by atoms with Crippen LogP contribution in [0, 0.1) is 5.41 Å². The third kappa shape index (κ3) is 4.56. The molecule has 0 saturated carbocycles. The summed E-state index contributed by atoms with van der Waals surface area (Å²) in [6.07, 6.45) is 1.45. The van der Waals surface area contributed by atoms with Crippen molar-refractivity contribution in [2.45, 2.75) is 39.7 Å². The van der Waals surface area contributed by atoms with Gasteiger partial charge in [0.15, 0.2) is 0 Å². The minimum atomic E-state index is -0.372. The van der Waals surface area contributed by atoms with Crippen molar-refractivity contribution in [1.82, 2.24) is 0 Å². The summed E-state index contributed by atoms with van der Waals surface area (Å²) in [7, 11) is 0. The molecular weight excluding hydrogens is 332 g/mol. The number of halogens is 2. The van der Waals surface area contributed by atoms with E-state index in [-0.39, 0.29) is 11.5 Å². The van der Waals surface area contributed by atoms with Crippen LogP contribution < -0.4 is 0 Å². The van der Waals surface area contributed by atoms with Gasteiger partial charge in [0.05, 0.1) is 6.10 Å². The molecule has 16 heavy (non-hydrogen) atoms. The molecule has 1 unspecified atom stereocenters. The molecule has 0 saturated heterocycles. The number of aliphatic hydroxyl groups is 1. The molecule has 0 fully saturated rings. The van der Waals surface area contributed by atoms with Gasteiger partial charge in [0, 0.05) is 8.95 Å². The van der Waals surface area contributed by atoms with Gasteiger partial charge in [-0.05, 0) is 67.8 Å². The highest BCUT2D eigenvalue weighted by Gasteiger charge is 2.15. The van der Waals surface area contributed by atoms with Crippen LogP contribution in [0.1, 0.15) is 45.3 Å². The van der Waals surface area contributed by atoms with Crippen molar-refractivity contribution in [3.8, 4) is 0 Å². The fraction of sp³-hybridized carbons (Fsp3) is 0.538. The van der Waals surface area contributed by atoms with Crippen LogP contribution in [0.2, 0.25) is 0 Å². The van der Waals surface area contributed by atoms with Gasteiger partial charge in [0.2, 0.25) is 0 Å². The summed E-state index contributed by atoms with van der Waals surface area (Å²) in [5.41, 5.74) is 1.24. The van der Waals surface area contributed by atoms with Gasteiger partial charge in [-0.25, -0.2) is 0 Å². The molecule has 3 heteroatoms. The molecule has 0 bridgehead atoms. The lowest BCUT2D eigenvalue weighted by Gasteiger charge is -2.20. The van der Waals surface area contributed by atoms with Crippen LogP contribution in [-0.2, 0) is 0 Å². The topological polar surface area (TPSA) is 20.2 Å². The predicted octanol–water partition coefficient (Wildman–Crippen LogP) is 5.07. The normalized spacial score (nSPS) is 13.9. The molecule has 1 aromatic carbocycles. The Kier molecular flexibility index (Phi) is 5.02. The lowest BCUT2D eigenvalue weighted by Crippen LogP contribution is -2.08. The van der Waals surface area contributed by atoms with Gasteiger partial charge in [-0.2, -0.15) is 0 Å². The third-order valence-corrected chi connectivity index (χ3v) is 4.38. The van der Waals surface area contributed by atoms with E-state index in [0.29, 0.717) is 0 Å². The summed E-state index contributed by atoms with van der Waals surface area (Å²) >= 11 is 6.87. The van der Waals surface area contributed by atoms with E-state index >= 15 is 0 Å². The zero-order valence-corrected chi connectivity index (χ0v) is 13.1. The molecule has 0 aliphatic heterocycles. The van der Waals surface area contributed by atoms with Crippen LogP contribution in [0.4, 0.5) is 0 Å². The minimum Gasteiger partial charge on any atom is -0.388 e. The molecule has 0 spiro atoms. The van der Waals surface area contributed by atoms with E-state index in [2.05, 4.69) is 52.6 Å². The van der Waals surface area contributed by atoms with Gasteiger partial charge >= 0.3 is 0 Å². The molecule has 0 aromatic heterocycles. The Morgan fingerprint density at radius 2 is 1.81 bits per heavy atom. The number of aliphatic hydroxyl groups excluding tert-OH is 1. The van der Waals surface area contributed by atoms with Crippen molar-refractivity contribution in [1.29, 1.82) is 0 Å². The molecule has 1 nitrogen and oxygen atoms in total. The predicted molar refractivity (Wildman–Crippen MR) is 75.5 cm³/mol. The zero-order chi connectivity index (χ0) is 12.3. The second-order valence-electron chi connectivity index (χ2n) is 5.29. The van der Waals surface area contributed by atoms with Crippen LogP contribution in [0.15, 0.2) is 27.1 Å². The van der Waals surface area contributed by atoms with Crippen LogP contribution in [0.5, 0.6) is 0 Å². The van der Waals surface area contributed by atoms with E-state index in [1.807, 2.05) is 18.2 Å². The van der Waals surface area contributed by atoms with Gasteiger partial charge in [-0.3, -0.25) is 0 Å². The van der Waals surface area contributed by atoms with Gasteiger partial charge in [-0.15, -0.1) is 0 Å². The zero-order valence-electron chi connectivity index (χ0n) is 9.93. The van der Waals surface area contributed by atoms with E-state index in [9.17, 15) is 5.11 Å². The molecule has 1 rings (SSSR count). The minimum absolute atomic E-state index is 0.271. The largest absolute Gasteiger partial charge is 0.388 e. The summed E-state index contributed by atoms with van der Waals surface area (Å²) in [6.45, 7) is 6.58. The molecule has 0 radical (unpaired) electrons. The molecule has 0 heterocycles. The first kappa shape index (κ1) is 14.2. The maximum atomic E-state index is 10.1. The Morgan fingerprint density at radius 3 is 2.31 bits per heavy atom. The van der Waals surface area contributed by atoms with Gasteiger partial charge in [0.1, 0.15) is 0 Å². The Hall–Kier alpha value is 0.140. The standard InChI is InChI=1S/C13H18Br2O/c1-13(2,3)7-6-12(16)9-4-5-10(14)11(15)8-9/h4-5,8,12,16H,6-7H2,1-3H3. The fourth-order valence-corrected chi connectivity index (χ4v) is 2.10. The lowest BCUT2D eigenvalue weighted by atomic mass is 9.88. The Bertz CT molecular complexity index is 355. The van der Waals surface area contributed by atoms with E-state index in [1.165, 1.54) is 0 Å². The van der Waals surface area contributed by atoms with Gasteiger partial charge in [-0.1, -0.05) is 26.8 Å². The second kappa shape index (κ2) is 5.65. The highest BCUT2D eigenvalue weighted by molar-refractivity contribution is 9.13.